The molecule has 24 heavy (non-hydrogen) atoms. The molecule has 0 atom stereocenters. The van der Waals surface area contributed by atoms with Crippen molar-refractivity contribution in [2.45, 2.75) is 49.7 Å². The third-order valence-corrected chi connectivity index (χ3v) is 4.93. The molecule has 8 heteroatoms. The predicted octanol–water partition coefficient (Wildman–Crippen LogP) is 3.36. The number of aromatic amines is 1. The first-order valence-electron chi connectivity index (χ1n) is 7.58. The highest BCUT2D eigenvalue weighted by Gasteiger charge is 2.29. The van der Waals surface area contributed by atoms with E-state index in [1.165, 1.54) is 24.0 Å². The molecule has 0 unspecified atom stereocenters. The molecule has 0 spiro atoms. The van der Waals surface area contributed by atoms with E-state index < -0.39 is 12.6 Å². The fourth-order valence-corrected chi connectivity index (χ4v) is 3.87. The highest BCUT2D eigenvalue weighted by Crippen LogP contribution is 2.29. The predicted molar refractivity (Wildman–Crippen MR) is 85.2 cm³/mol. The van der Waals surface area contributed by atoms with E-state index in [1.54, 1.807) is 6.92 Å². The smallest absolute Gasteiger partial charge is 0.301 e. The summed E-state index contributed by atoms with van der Waals surface area (Å²) in [4.78, 5) is 23.2. The number of aryl methyl sites for hydroxylation is 2. The zero-order valence-electron chi connectivity index (χ0n) is 13.0. The van der Waals surface area contributed by atoms with Crippen molar-refractivity contribution in [3.63, 3.8) is 0 Å². The van der Waals surface area contributed by atoms with Crippen molar-refractivity contribution in [2.24, 2.45) is 0 Å². The summed E-state index contributed by atoms with van der Waals surface area (Å²) >= 11 is 1.23. The maximum atomic E-state index is 12.7. The first kappa shape index (κ1) is 17.0. The first-order chi connectivity index (χ1) is 11.3. The van der Waals surface area contributed by atoms with Crippen LogP contribution in [-0.2, 0) is 25.0 Å². The minimum Gasteiger partial charge on any atom is -0.301 e. The van der Waals surface area contributed by atoms with Crippen LogP contribution in [0, 0.1) is 6.92 Å². The van der Waals surface area contributed by atoms with Gasteiger partial charge >= 0.3 is 6.18 Å². The van der Waals surface area contributed by atoms with Gasteiger partial charge in [-0.25, -0.2) is 4.98 Å². The van der Waals surface area contributed by atoms with Crippen LogP contribution in [0.4, 0.5) is 13.2 Å². The van der Waals surface area contributed by atoms with E-state index in [0.29, 0.717) is 16.4 Å². The lowest BCUT2D eigenvalue weighted by atomic mass is 10.1. The van der Waals surface area contributed by atoms with Crippen LogP contribution in [0.5, 0.6) is 0 Å². The Morgan fingerprint density at radius 1 is 1.33 bits per heavy atom. The molecule has 0 saturated carbocycles. The molecule has 1 aliphatic rings. The number of nitrogens with zero attached hydrogens (tertiary/aromatic N) is 2. The van der Waals surface area contributed by atoms with Crippen molar-refractivity contribution in [3.8, 4) is 0 Å². The molecule has 4 nitrogen and oxygen atoms in total. The Kier molecular flexibility index (Phi) is 4.67. The third kappa shape index (κ3) is 3.80. The number of thioether (sulfide) groups is 1. The van der Waals surface area contributed by atoms with Gasteiger partial charge in [-0.3, -0.25) is 9.78 Å². The van der Waals surface area contributed by atoms with Crippen molar-refractivity contribution in [2.75, 3.05) is 0 Å². The summed E-state index contributed by atoms with van der Waals surface area (Å²) in [7, 11) is 0. The Labute approximate surface area is 140 Å². The minimum atomic E-state index is -4.27. The van der Waals surface area contributed by atoms with Crippen LogP contribution < -0.4 is 5.56 Å². The number of hydrogen-bond donors (Lipinski definition) is 1. The molecule has 0 aliphatic heterocycles. The van der Waals surface area contributed by atoms with E-state index in [1.807, 2.05) is 0 Å². The zero-order valence-corrected chi connectivity index (χ0v) is 13.9. The number of H-pyrrole nitrogens is 1. The van der Waals surface area contributed by atoms with E-state index in [4.69, 9.17) is 0 Å². The van der Waals surface area contributed by atoms with Crippen molar-refractivity contribution < 1.29 is 13.2 Å². The molecule has 1 aliphatic carbocycles. The standard InChI is InChI=1S/C16H16F3N3OS/c1-9-12(10(5-6-20-9)7-16(17,18)19)8-24-15-21-13-4-2-3-11(13)14(23)22-15/h5-6H,2-4,7-8H2,1H3,(H,21,22,23). The summed E-state index contributed by atoms with van der Waals surface area (Å²) in [5.41, 5.74) is 2.72. The van der Waals surface area contributed by atoms with Crippen molar-refractivity contribution in [3.05, 3.63) is 50.7 Å². The van der Waals surface area contributed by atoms with Crippen LogP contribution in [0.1, 0.15) is 34.5 Å². The van der Waals surface area contributed by atoms with Crippen LogP contribution in [0.15, 0.2) is 22.2 Å². The molecular weight excluding hydrogens is 339 g/mol. The molecule has 2 aromatic heterocycles. The molecule has 0 saturated heterocycles. The Hall–Kier alpha value is -1.83. The fourth-order valence-electron chi connectivity index (χ4n) is 2.86. The highest BCUT2D eigenvalue weighted by atomic mass is 32.2. The lowest BCUT2D eigenvalue weighted by Crippen LogP contribution is -2.15. The summed E-state index contributed by atoms with van der Waals surface area (Å²) < 4.78 is 38.2. The summed E-state index contributed by atoms with van der Waals surface area (Å²) in [6.45, 7) is 1.69. The van der Waals surface area contributed by atoms with Gasteiger partial charge in [0.1, 0.15) is 0 Å². The van der Waals surface area contributed by atoms with E-state index in [2.05, 4.69) is 15.0 Å². The quantitative estimate of drug-likeness (QED) is 0.675. The SMILES string of the molecule is Cc1nccc(CC(F)(F)F)c1CSc1nc2c(c(=O)[nH]1)CCC2. The van der Waals surface area contributed by atoms with Gasteiger partial charge in [-0.15, -0.1) is 0 Å². The van der Waals surface area contributed by atoms with Gasteiger partial charge in [-0.2, -0.15) is 13.2 Å². The molecule has 0 aromatic carbocycles. The number of fused-ring (bicyclic) bond motifs is 1. The van der Waals surface area contributed by atoms with Gasteiger partial charge < -0.3 is 4.98 Å². The van der Waals surface area contributed by atoms with Crippen LogP contribution in [0.25, 0.3) is 0 Å². The Morgan fingerprint density at radius 2 is 2.12 bits per heavy atom. The Balaban J connectivity index is 1.82. The largest absolute Gasteiger partial charge is 0.393 e. The normalized spacial score (nSPS) is 14.0. The molecule has 0 radical (unpaired) electrons. The second kappa shape index (κ2) is 6.58. The van der Waals surface area contributed by atoms with Gasteiger partial charge in [0.25, 0.3) is 5.56 Å². The van der Waals surface area contributed by atoms with Gasteiger partial charge in [0.15, 0.2) is 5.16 Å². The fraction of sp³-hybridized carbons (Fsp3) is 0.438. The molecule has 0 fully saturated rings. The number of halogens is 3. The molecule has 2 aromatic rings. The van der Waals surface area contributed by atoms with E-state index >= 15 is 0 Å². The number of pyridine rings is 1. The molecule has 2 heterocycles. The maximum absolute atomic E-state index is 12.7. The summed E-state index contributed by atoms with van der Waals surface area (Å²) in [5.74, 6) is 0.285. The summed E-state index contributed by atoms with van der Waals surface area (Å²) in [5, 5.41) is 0.446. The molecule has 0 bridgehead atoms. The first-order valence-corrected chi connectivity index (χ1v) is 8.57. The van der Waals surface area contributed by atoms with Gasteiger partial charge in [-0.1, -0.05) is 11.8 Å². The van der Waals surface area contributed by atoms with Crippen LogP contribution >= 0.6 is 11.8 Å². The van der Waals surface area contributed by atoms with Crippen molar-refractivity contribution in [1.82, 2.24) is 15.0 Å². The number of rotatable bonds is 4. The summed E-state index contributed by atoms with van der Waals surface area (Å²) in [6.07, 6.45) is -1.44. The monoisotopic (exact) mass is 355 g/mol. The van der Waals surface area contributed by atoms with Crippen LogP contribution in [-0.4, -0.2) is 21.1 Å². The third-order valence-electron chi connectivity index (χ3n) is 4.03. The number of nitrogens with one attached hydrogen (secondary N) is 1. The number of alkyl halides is 3. The number of aromatic nitrogens is 3. The summed E-state index contributed by atoms with van der Waals surface area (Å²) in [6, 6.07) is 1.40. The van der Waals surface area contributed by atoms with E-state index in [-0.39, 0.29) is 16.9 Å². The van der Waals surface area contributed by atoms with Gasteiger partial charge in [-0.05, 0) is 43.4 Å². The zero-order chi connectivity index (χ0) is 17.3. The van der Waals surface area contributed by atoms with Crippen molar-refractivity contribution >= 4 is 11.8 Å². The van der Waals surface area contributed by atoms with E-state index in [0.717, 1.165) is 30.5 Å². The second-order valence-electron chi connectivity index (χ2n) is 5.76. The molecular formula is C16H16F3N3OS. The molecule has 3 rings (SSSR count). The molecule has 0 amide bonds. The van der Waals surface area contributed by atoms with Gasteiger partial charge in [0, 0.05) is 23.2 Å². The average Bonchev–Trinajstić information content (AvgIpc) is 2.94. The van der Waals surface area contributed by atoms with Gasteiger partial charge in [0.05, 0.1) is 12.1 Å². The van der Waals surface area contributed by atoms with Crippen LogP contribution in [0.3, 0.4) is 0 Å². The Bertz CT molecular complexity index is 817. The molecule has 128 valence electrons. The Morgan fingerprint density at radius 3 is 2.88 bits per heavy atom. The van der Waals surface area contributed by atoms with Crippen LogP contribution in [0.2, 0.25) is 0 Å². The highest BCUT2D eigenvalue weighted by molar-refractivity contribution is 7.98. The lowest BCUT2D eigenvalue weighted by molar-refractivity contribution is -0.127. The minimum absolute atomic E-state index is 0.140. The van der Waals surface area contributed by atoms with E-state index in [9.17, 15) is 18.0 Å². The lowest BCUT2D eigenvalue weighted by Gasteiger charge is -2.13. The topological polar surface area (TPSA) is 58.6 Å². The molecule has 1 N–H and O–H groups in total. The van der Waals surface area contributed by atoms with Crippen molar-refractivity contribution in [1.29, 1.82) is 0 Å². The van der Waals surface area contributed by atoms with Gasteiger partial charge in [0.2, 0.25) is 0 Å². The average molecular weight is 355 g/mol. The number of hydrogen-bond acceptors (Lipinski definition) is 4. The second-order valence-corrected chi connectivity index (χ2v) is 6.73. The maximum Gasteiger partial charge on any atom is 0.393 e.